The second kappa shape index (κ2) is 8.46. The summed E-state index contributed by atoms with van der Waals surface area (Å²) in [6.45, 7) is -0.486. The van der Waals surface area contributed by atoms with Crippen molar-refractivity contribution in [3.63, 3.8) is 0 Å². The number of hydrogen-bond donors (Lipinski definition) is 1. The zero-order valence-electron chi connectivity index (χ0n) is 15.1. The molecule has 0 saturated carbocycles. The van der Waals surface area contributed by atoms with Gasteiger partial charge in [0.15, 0.2) is 11.2 Å². The van der Waals surface area contributed by atoms with E-state index in [1.165, 1.54) is 23.0 Å². The molecular formula is C17H14FN4O7P. The summed E-state index contributed by atoms with van der Waals surface area (Å²) in [5.41, 5.74) is 0.206. The molecular weight excluding hydrogens is 422 g/mol. The van der Waals surface area contributed by atoms with Crippen LogP contribution in [0, 0.1) is 6.08 Å². The highest BCUT2D eigenvalue weighted by Gasteiger charge is 2.41. The largest absolute Gasteiger partial charge is 0.566 e. The third-order valence-electron chi connectivity index (χ3n) is 4.45. The van der Waals surface area contributed by atoms with Crippen LogP contribution in [0.3, 0.4) is 0 Å². The van der Waals surface area contributed by atoms with Crippen LogP contribution in [0.25, 0.3) is 11.2 Å². The lowest BCUT2D eigenvalue weighted by Gasteiger charge is -2.13. The van der Waals surface area contributed by atoms with Crippen molar-refractivity contribution < 1.29 is 37.7 Å². The number of esters is 1. The first-order valence-electron chi connectivity index (χ1n) is 8.71. The third-order valence-corrected chi connectivity index (χ3v) is 4.90. The molecule has 11 nitrogen and oxygen atoms in total. The van der Waals surface area contributed by atoms with Crippen LogP contribution in [0.5, 0.6) is 5.88 Å². The summed E-state index contributed by atoms with van der Waals surface area (Å²) in [6.07, 6.45) is -2.56. The molecule has 4 atom stereocenters. The molecule has 1 unspecified atom stereocenters. The van der Waals surface area contributed by atoms with Crippen LogP contribution >= 0.6 is 8.25 Å². The molecule has 1 aliphatic rings. The van der Waals surface area contributed by atoms with Crippen molar-refractivity contribution in [2.24, 2.45) is 0 Å². The quantitative estimate of drug-likeness (QED) is 0.335. The molecule has 3 aromatic rings. The Morgan fingerprint density at radius 2 is 2.13 bits per heavy atom. The Hall–Kier alpha value is -2.89. The van der Waals surface area contributed by atoms with Crippen LogP contribution in [0.1, 0.15) is 23.0 Å². The number of aromatic nitrogens is 4. The van der Waals surface area contributed by atoms with Crippen LogP contribution in [-0.2, 0) is 13.8 Å². The number of hydrogen-bond acceptors (Lipinski definition) is 10. The molecule has 2 aromatic heterocycles. The van der Waals surface area contributed by atoms with Crippen molar-refractivity contribution in [2.45, 2.75) is 24.9 Å². The van der Waals surface area contributed by atoms with Crippen molar-refractivity contribution in [1.29, 1.82) is 0 Å². The van der Waals surface area contributed by atoms with Crippen molar-refractivity contribution in [3.8, 4) is 5.88 Å². The zero-order chi connectivity index (χ0) is 21.3. The maximum Gasteiger partial charge on any atom is 0.488 e. The second-order valence-corrected chi connectivity index (χ2v) is 6.95. The lowest BCUT2D eigenvalue weighted by Crippen LogP contribution is -2.26. The first kappa shape index (κ1) is 20.4. The number of rotatable bonds is 6. The third kappa shape index (κ3) is 4.04. The van der Waals surface area contributed by atoms with Gasteiger partial charge in [0.2, 0.25) is 0 Å². The molecule has 13 heteroatoms. The summed E-state index contributed by atoms with van der Waals surface area (Å²) in [5, 5.41) is 9.40. The molecule has 3 heterocycles. The van der Waals surface area contributed by atoms with E-state index < -0.39 is 45.3 Å². The molecule has 1 N–H and O–H groups in total. The number of carbonyl (C=O) groups is 1. The number of nitrogens with zero attached hydrogens (tertiary/aromatic N) is 4. The Balaban J connectivity index is 1.64. The Labute approximate surface area is 169 Å². The van der Waals surface area contributed by atoms with Crippen molar-refractivity contribution >= 4 is 25.4 Å². The topological polar surface area (TPSA) is 149 Å². The number of imidazole rings is 1. The number of halogens is 1. The number of carbonyl (C=O) groups excluding carboxylic acids is 1. The fourth-order valence-electron chi connectivity index (χ4n) is 3.12. The average molecular weight is 436 g/mol. The van der Waals surface area contributed by atoms with Gasteiger partial charge in [0.25, 0.3) is 5.88 Å². The van der Waals surface area contributed by atoms with Crippen LogP contribution in [0.2, 0.25) is 0 Å². The maximum atomic E-state index is 14.0. The predicted molar refractivity (Wildman–Crippen MR) is 94.8 cm³/mol. The van der Waals surface area contributed by atoms with Gasteiger partial charge in [0.05, 0.1) is 18.5 Å². The summed E-state index contributed by atoms with van der Waals surface area (Å²) >= 11 is 0. The van der Waals surface area contributed by atoms with Crippen LogP contribution in [0.4, 0.5) is 4.39 Å². The van der Waals surface area contributed by atoms with Gasteiger partial charge in [-0.15, -0.1) is 4.52 Å². The Kier molecular flexibility index (Phi) is 5.75. The number of aliphatic hydroxyl groups excluding tert-OH is 1. The molecule has 1 aromatic carbocycles. The van der Waals surface area contributed by atoms with Crippen LogP contribution in [0.15, 0.2) is 36.7 Å². The van der Waals surface area contributed by atoms with E-state index >= 15 is 0 Å². The Morgan fingerprint density at radius 3 is 2.83 bits per heavy atom. The van der Waals surface area contributed by atoms with E-state index in [-0.39, 0.29) is 29.0 Å². The summed E-state index contributed by atoms with van der Waals surface area (Å²) in [4.78, 5) is 34.4. The lowest BCUT2D eigenvalue weighted by molar-refractivity contribution is -0.191. The standard InChI is InChI=1S/C17H14FN4O7P/c18-17-20-14-13(15(21-17)28-16(24)9-4-2-1-3-5-9)19-8-22(14)12-6-10(29-30(25)26)11(7-23)27-12/h1-5,8,10-12,23H,6-7H2/t10-,11+,12+/m0/s1. The highest BCUT2D eigenvalue weighted by Crippen LogP contribution is 2.36. The predicted octanol–water partition coefficient (Wildman–Crippen LogP) is 0.867. The van der Waals surface area contributed by atoms with Crippen molar-refractivity contribution in [1.82, 2.24) is 19.5 Å². The van der Waals surface area contributed by atoms with Gasteiger partial charge in [-0.3, -0.25) is 4.57 Å². The van der Waals surface area contributed by atoms with E-state index in [4.69, 9.17) is 14.0 Å². The molecule has 4 rings (SSSR count). The Morgan fingerprint density at radius 1 is 1.37 bits per heavy atom. The first-order chi connectivity index (χ1) is 14.5. The molecule has 30 heavy (non-hydrogen) atoms. The molecule has 156 valence electrons. The van der Waals surface area contributed by atoms with E-state index in [2.05, 4.69) is 15.0 Å². The minimum absolute atomic E-state index is 0.00380. The smallest absolute Gasteiger partial charge is 0.488 e. The van der Waals surface area contributed by atoms with E-state index in [1.807, 2.05) is 0 Å². The zero-order valence-corrected chi connectivity index (χ0v) is 16.0. The fourth-order valence-corrected chi connectivity index (χ4v) is 3.57. The second-order valence-electron chi connectivity index (χ2n) is 6.29. The van der Waals surface area contributed by atoms with E-state index in [0.29, 0.717) is 0 Å². The highest BCUT2D eigenvalue weighted by atomic mass is 31.1. The van der Waals surface area contributed by atoms with Gasteiger partial charge in [0.1, 0.15) is 18.4 Å². The summed E-state index contributed by atoms with van der Waals surface area (Å²) in [5.74, 6) is -1.13. The first-order valence-corrected chi connectivity index (χ1v) is 9.80. The SMILES string of the molecule is O=C(Oc1nc(F)nc2c1ncn2[C@H]1C[C@H](O[P+](=O)[O-])[C@@H](CO)O1)c1ccccc1. The van der Waals surface area contributed by atoms with E-state index in [0.717, 1.165) is 0 Å². The monoisotopic (exact) mass is 436 g/mol. The molecule has 1 saturated heterocycles. The average Bonchev–Trinajstić information content (AvgIpc) is 3.31. The summed E-state index contributed by atoms with van der Waals surface area (Å²) in [7, 11) is -3.16. The van der Waals surface area contributed by atoms with Gasteiger partial charge >= 0.3 is 20.3 Å². The highest BCUT2D eigenvalue weighted by molar-refractivity contribution is 7.30. The molecule has 1 aliphatic heterocycles. The summed E-state index contributed by atoms with van der Waals surface area (Å²) in [6, 6.07) is 8.06. The van der Waals surface area contributed by atoms with Gasteiger partial charge in [0, 0.05) is 6.42 Å². The van der Waals surface area contributed by atoms with Gasteiger partial charge < -0.3 is 19.5 Å². The van der Waals surface area contributed by atoms with Crippen LogP contribution in [-0.4, -0.2) is 49.4 Å². The van der Waals surface area contributed by atoms with E-state index in [9.17, 15) is 23.7 Å². The minimum Gasteiger partial charge on any atom is -0.566 e. The molecule has 0 bridgehead atoms. The molecule has 1 fully saturated rings. The molecule has 0 radical (unpaired) electrons. The van der Waals surface area contributed by atoms with Gasteiger partial charge in [-0.25, -0.2) is 9.78 Å². The summed E-state index contributed by atoms with van der Waals surface area (Å²) < 4.78 is 41.8. The molecule has 0 amide bonds. The number of ether oxygens (including phenoxy) is 2. The van der Waals surface area contributed by atoms with Crippen molar-refractivity contribution in [2.75, 3.05) is 6.61 Å². The van der Waals surface area contributed by atoms with Gasteiger partial charge in [-0.1, -0.05) is 18.2 Å². The van der Waals surface area contributed by atoms with E-state index in [1.54, 1.807) is 18.2 Å². The van der Waals surface area contributed by atoms with Gasteiger partial charge in [-0.05, 0) is 16.7 Å². The minimum atomic E-state index is -3.16. The van der Waals surface area contributed by atoms with Gasteiger partial charge in [-0.2, -0.15) is 14.4 Å². The molecule has 0 aliphatic carbocycles. The van der Waals surface area contributed by atoms with Crippen molar-refractivity contribution in [3.05, 3.63) is 48.3 Å². The lowest BCUT2D eigenvalue weighted by atomic mass is 10.2. The Bertz CT molecular complexity index is 1100. The fraction of sp³-hybridized carbons (Fsp3) is 0.294. The number of benzene rings is 1. The molecule has 0 spiro atoms. The normalized spacial score (nSPS) is 21.7. The maximum absolute atomic E-state index is 14.0. The number of fused-ring (bicyclic) bond motifs is 1. The number of aliphatic hydroxyl groups is 1. The van der Waals surface area contributed by atoms with Crippen LogP contribution < -0.4 is 9.63 Å².